The molecule has 4 N–H and O–H groups in total. The molecule has 1 aromatic heterocycles. The van der Waals surface area contributed by atoms with Crippen LogP contribution < -0.4 is 24.7 Å². The Morgan fingerprint density at radius 1 is 1.29 bits per heavy atom. The first-order valence-corrected chi connectivity index (χ1v) is 9.93. The molecule has 1 unspecified atom stereocenters. The number of fused-ring (bicyclic) bond motifs is 2. The predicted octanol–water partition coefficient (Wildman–Crippen LogP) is 3.50. The van der Waals surface area contributed by atoms with Crippen molar-refractivity contribution >= 4 is 15.9 Å². The third-order valence-electron chi connectivity index (χ3n) is 5.20. The first kappa shape index (κ1) is 19.1. The van der Waals surface area contributed by atoms with Gasteiger partial charge in [0.2, 0.25) is 18.6 Å². The van der Waals surface area contributed by atoms with Crippen LogP contribution in [-0.4, -0.2) is 29.2 Å². The lowest BCUT2D eigenvalue weighted by atomic mass is 9.83. The fourth-order valence-corrected chi connectivity index (χ4v) is 4.23. The van der Waals surface area contributed by atoms with Crippen molar-refractivity contribution < 1.29 is 24.1 Å². The minimum absolute atomic E-state index is 0.0353. The van der Waals surface area contributed by atoms with Gasteiger partial charge in [-0.3, -0.25) is 5.10 Å². The number of hydrogen-bond acceptors (Lipinski definition) is 8. The van der Waals surface area contributed by atoms with Gasteiger partial charge >= 0.3 is 0 Å². The number of phenols is 1. The Morgan fingerprint density at radius 2 is 2.10 bits per heavy atom. The Labute approximate surface area is 184 Å². The van der Waals surface area contributed by atoms with E-state index in [2.05, 4.69) is 32.2 Å². The normalized spacial score (nSPS) is 16.5. The maximum atomic E-state index is 10.2. The first-order chi connectivity index (χ1) is 15.0. The Balaban J connectivity index is 1.73. The van der Waals surface area contributed by atoms with Gasteiger partial charge < -0.3 is 29.8 Å². The molecule has 0 saturated carbocycles. The topological polar surface area (TPSA) is 136 Å². The second-order valence-corrected chi connectivity index (χ2v) is 7.72. The van der Waals surface area contributed by atoms with Crippen LogP contribution in [0.4, 0.5) is 0 Å². The standard InChI is InChI=1S/C21H15BrN4O5/c1-28-15-6-10(4-12(22)19(15)27)16-11(7-23)20(24)31-21-17(16)18(25-26-21)9-2-3-13-14(5-9)30-8-29-13/h2-6,16,27H,8,24H2,1H3,(H,25,26). The molecular weight excluding hydrogens is 468 g/mol. The van der Waals surface area contributed by atoms with Crippen LogP contribution in [0.15, 0.2) is 46.3 Å². The molecule has 0 spiro atoms. The number of hydrogen-bond donors (Lipinski definition) is 3. The summed E-state index contributed by atoms with van der Waals surface area (Å²) in [6.07, 6.45) is 0. The molecule has 0 fully saturated rings. The number of allylic oxidation sites excluding steroid dienone is 1. The number of aromatic hydroxyl groups is 1. The number of nitriles is 1. The highest BCUT2D eigenvalue weighted by molar-refractivity contribution is 9.10. The molecule has 3 aromatic rings. The van der Waals surface area contributed by atoms with Crippen LogP contribution in [-0.2, 0) is 0 Å². The molecule has 1 atom stereocenters. The van der Waals surface area contributed by atoms with Crippen LogP contribution in [0.1, 0.15) is 17.0 Å². The zero-order valence-corrected chi connectivity index (χ0v) is 17.7. The summed E-state index contributed by atoms with van der Waals surface area (Å²) in [5.41, 5.74) is 8.97. The fraction of sp³-hybridized carbons (Fsp3) is 0.143. The van der Waals surface area contributed by atoms with Crippen molar-refractivity contribution in [2.24, 2.45) is 5.73 Å². The summed E-state index contributed by atoms with van der Waals surface area (Å²) >= 11 is 3.34. The minimum atomic E-state index is -0.612. The molecular formula is C21H15BrN4O5. The summed E-state index contributed by atoms with van der Waals surface area (Å²) < 4.78 is 22.2. The van der Waals surface area contributed by atoms with E-state index < -0.39 is 5.92 Å². The number of methoxy groups -OCH3 is 1. The molecule has 0 radical (unpaired) electrons. The molecule has 2 aliphatic heterocycles. The second kappa shape index (κ2) is 7.14. The lowest BCUT2D eigenvalue weighted by molar-refractivity contribution is 0.174. The largest absolute Gasteiger partial charge is 0.503 e. The number of nitrogens with one attached hydrogen (secondary N) is 1. The van der Waals surface area contributed by atoms with Crippen molar-refractivity contribution in [3.63, 3.8) is 0 Å². The molecule has 2 aromatic carbocycles. The van der Waals surface area contributed by atoms with Crippen molar-refractivity contribution in [1.29, 1.82) is 5.26 Å². The van der Waals surface area contributed by atoms with Crippen LogP contribution in [0.2, 0.25) is 0 Å². The van der Waals surface area contributed by atoms with Crippen LogP contribution in [0.5, 0.6) is 28.9 Å². The van der Waals surface area contributed by atoms with Crippen LogP contribution in [0.3, 0.4) is 0 Å². The van der Waals surface area contributed by atoms with Crippen LogP contribution in [0.25, 0.3) is 11.3 Å². The number of benzene rings is 2. The van der Waals surface area contributed by atoms with Gasteiger partial charge in [-0.25, -0.2) is 0 Å². The molecule has 5 rings (SSSR count). The fourth-order valence-electron chi connectivity index (χ4n) is 3.77. The van der Waals surface area contributed by atoms with E-state index in [0.29, 0.717) is 32.8 Å². The number of aromatic nitrogens is 2. The van der Waals surface area contributed by atoms with Gasteiger partial charge in [0, 0.05) is 5.56 Å². The minimum Gasteiger partial charge on any atom is -0.503 e. The second-order valence-electron chi connectivity index (χ2n) is 6.86. The molecule has 0 aliphatic carbocycles. The maximum absolute atomic E-state index is 10.2. The van der Waals surface area contributed by atoms with Gasteiger partial charge in [-0.2, -0.15) is 5.26 Å². The van der Waals surface area contributed by atoms with E-state index in [1.165, 1.54) is 7.11 Å². The number of nitrogens with zero attached hydrogens (tertiary/aromatic N) is 2. The third kappa shape index (κ3) is 2.93. The highest BCUT2D eigenvalue weighted by atomic mass is 79.9. The van der Waals surface area contributed by atoms with Gasteiger partial charge in [0.15, 0.2) is 23.0 Å². The molecule has 10 heteroatoms. The van der Waals surface area contributed by atoms with Crippen molar-refractivity contribution in [3.8, 4) is 46.2 Å². The van der Waals surface area contributed by atoms with E-state index in [9.17, 15) is 10.4 Å². The Morgan fingerprint density at radius 3 is 2.87 bits per heavy atom. The summed E-state index contributed by atoms with van der Waals surface area (Å²) in [6, 6.07) is 11.0. The van der Waals surface area contributed by atoms with Crippen molar-refractivity contribution in [2.75, 3.05) is 13.9 Å². The molecule has 0 amide bonds. The summed E-state index contributed by atoms with van der Waals surface area (Å²) in [4.78, 5) is 0. The lowest BCUT2D eigenvalue weighted by Crippen LogP contribution is -2.21. The van der Waals surface area contributed by atoms with Crippen LogP contribution >= 0.6 is 15.9 Å². The zero-order valence-electron chi connectivity index (χ0n) is 16.1. The Bertz CT molecular complexity index is 1290. The van der Waals surface area contributed by atoms with E-state index in [1.807, 2.05) is 12.1 Å². The molecule has 31 heavy (non-hydrogen) atoms. The smallest absolute Gasteiger partial charge is 0.244 e. The van der Waals surface area contributed by atoms with Crippen molar-refractivity contribution in [2.45, 2.75) is 5.92 Å². The zero-order chi connectivity index (χ0) is 21.7. The molecule has 156 valence electrons. The van der Waals surface area contributed by atoms with Gasteiger partial charge in [0.25, 0.3) is 0 Å². The van der Waals surface area contributed by atoms with Gasteiger partial charge in [-0.1, -0.05) is 0 Å². The highest BCUT2D eigenvalue weighted by Crippen LogP contribution is 2.49. The summed E-state index contributed by atoms with van der Waals surface area (Å²) in [5, 5.41) is 27.4. The SMILES string of the molecule is COc1cc(C2C(C#N)=C(N)Oc3n[nH]c(-c4ccc5c(c4)OCO5)c32)cc(Br)c1O. The van der Waals surface area contributed by atoms with Crippen molar-refractivity contribution in [1.82, 2.24) is 10.2 Å². The average Bonchev–Trinajstić information content (AvgIpc) is 3.40. The number of ether oxygens (including phenoxy) is 4. The van der Waals surface area contributed by atoms with Gasteiger partial charge in [-0.15, -0.1) is 5.10 Å². The third-order valence-corrected chi connectivity index (χ3v) is 5.81. The summed E-state index contributed by atoms with van der Waals surface area (Å²) in [7, 11) is 1.45. The van der Waals surface area contributed by atoms with Gasteiger partial charge in [0.1, 0.15) is 11.6 Å². The number of halogens is 1. The first-order valence-electron chi connectivity index (χ1n) is 9.14. The maximum Gasteiger partial charge on any atom is 0.244 e. The van der Waals surface area contributed by atoms with E-state index in [0.717, 1.165) is 5.56 Å². The Hall–Kier alpha value is -3.84. The molecule has 2 aliphatic rings. The monoisotopic (exact) mass is 482 g/mol. The van der Waals surface area contributed by atoms with Crippen molar-refractivity contribution in [3.05, 3.63) is 57.4 Å². The van der Waals surface area contributed by atoms with Gasteiger partial charge in [0.05, 0.1) is 28.8 Å². The van der Waals surface area contributed by atoms with E-state index in [1.54, 1.807) is 18.2 Å². The lowest BCUT2D eigenvalue weighted by Gasteiger charge is -2.25. The number of rotatable bonds is 3. The van der Waals surface area contributed by atoms with E-state index >= 15 is 0 Å². The number of H-pyrrole nitrogens is 1. The van der Waals surface area contributed by atoms with Crippen LogP contribution in [0, 0.1) is 11.3 Å². The number of aromatic amines is 1. The number of nitrogens with two attached hydrogens (primary N) is 1. The van der Waals surface area contributed by atoms with E-state index in [4.69, 9.17) is 24.7 Å². The predicted molar refractivity (Wildman–Crippen MR) is 112 cm³/mol. The average molecular weight is 483 g/mol. The molecule has 0 bridgehead atoms. The van der Waals surface area contributed by atoms with Gasteiger partial charge in [-0.05, 0) is 51.8 Å². The summed E-state index contributed by atoms with van der Waals surface area (Å²) in [6.45, 7) is 0.158. The number of phenolic OH excluding ortho intramolecular Hbond substituents is 1. The summed E-state index contributed by atoms with van der Waals surface area (Å²) in [5.74, 6) is 1.08. The Kier molecular flexibility index (Phi) is 4.41. The van der Waals surface area contributed by atoms with E-state index in [-0.39, 0.29) is 35.6 Å². The molecule has 9 nitrogen and oxygen atoms in total. The quantitative estimate of drug-likeness (QED) is 0.515. The molecule has 0 saturated heterocycles. The molecule has 3 heterocycles. The highest BCUT2D eigenvalue weighted by Gasteiger charge is 2.36.